The van der Waals surface area contributed by atoms with Crippen molar-refractivity contribution in [3.63, 3.8) is 0 Å². The SMILES string of the molecule is C[C@@H]1[C@@H](O)[C@H](OC[C@H]2O[C@@H](O[C@H](CC[C@@H](C)C3CC[C@@]4(C)C5CC=C6C(CC[C@H](O[C@@H]7O[C@H](CO)[C@@H](O[C@@H]8O[C@H](CO)[C@@H](O)[C@H](O)[C@H]8O)[C@H](O)[C@H]7O)C6(C)C)[C@]5(C)[C@H](O)C[C@]34C)C(C)(C)O)[C@H](O[C@H]3O[C@@H](CO)[C@H](O)[C@@H](O)[C@@H]3O)[C@@H](O)[C@@H]2C)O[C@H](CO)[C@H]1O. The van der Waals surface area contributed by atoms with E-state index in [2.05, 4.69) is 47.6 Å². The normalized spacial score (nSPS) is 51.8. The molecule has 0 amide bonds. The van der Waals surface area contributed by atoms with Gasteiger partial charge >= 0.3 is 0 Å². The van der Waals surface area contributed by atoms with E-state index in [4.69, 9.17) is 47.4 Å². The minimum absolute atomic E-state index is 0.0229. The van der Waals surface area contributed by atoms with Gasteiger partial charge in [0.2, 0.25) is 0 Å². The molecule has 27 nitrogen and oxygen atoms in total. The number of allylic oxidation sites excluding steroid dienone is 1. The minimum atomic E-state index is -1.84. The first kappa shape index (κ1) is 71.9. The summed E-state index contributed by atoms with van der Waals surface area (Å²) in [6.45, 7) is 16.6. The predicted octanol–water partition coefficient (Wildman–Crippen LogP) is -2.86. The standard InChI is InChI=1S/C62H106O27/c1-25(11-15-39(59(6,7)79)87-57-52(89-56-49(77)46(74)44(72)33(22-65)83-56)41(69)26(2)35(85-57)24-80-53-42(70)27(3)40(68)31(20-63)81-53)28-17-18-60(8)36-14-12-29-30(62(36,10)37(67)19-61(28,60)9)13-16-38(58(29,4)5)86-54-50(78)47(75)51(34(23-66)84-54)88-55-48(76)45(73)43(71)32(21-64)82-55/h12,25-28,30-57,63-79H,11,13-24H2,1-10H3/t25-,26-,27+,28?,30?,31-,32-,33+,34-,35-,36?,37-,38+,39-,40+,41+,42-,43-,44+,45+,46-,47-,48-,49+,50-,51-,52-,53-,54+,55+,56-,57+,60+,61-,62+/m1/s1. The molecule has 0 spiro atoms. The van der Waals surface area contributed by atoms with Gasteiger partial charge in [0.1, 0.15) is 91.6 Å². The lowest BCUT2D eigenvalue weighted by Crippen LogP contribution is -2.66. The highest BCUT2D eigenvalue weighted by Crippen LogP contribution is 2.75. The molecule has 3 saturated carbocycles. The van der Waals surface area contributed by atoms with Crippen molar-refractivity contribution in [3.8, 4) is 0 Å². The van der Waals surface area contributed by atoms with E-state index < -0.39 is 214 Å². The minimum Gasteiger partial charge on any atom is -0.394 e. The van der Waals surface area contributed by atoms with E-state index in [0.29, 0.717) is 32.1 Å². The highest BCUT2D eigenvalue weighted by molar-refractivity contribution is 5.32. The first-order valence-corrected chi connectivity index (χ1v) is 32.2. The Bertz CT molecular complexity index is 2340. The lowest BCUT2D eigenvalue weighted by molar-refractivity contribution is -0.375. The van der Waals surface area contributed by atoms with Crippen LogP contribution in [-0.2, 0) is 47.4 Å². The van der Waals surface area contributed by atoms with Crippen molar-refractivity contribution in [2.45, 2.75) is 286 Å². The maximum Gasteiger partial charge on any atom is 0.187 e. The molecule has 0 radical (unpaired) electrons. The van der Waals surface area contributed by atoms with Crippen LogP contribution < -0.4 is 0 Å². The van der Waals surface area contributed by atoms with Crippen molar-refractivity contribution in [1.29, 1.82) is 0 Å². The zero-order valence-corrected chi connectivity index (χ0v) is 52.9. The Labute approximate surface area is 520 Å². The highest BCUT2D eigenvalue weighted by Gasteiger charge is 2.70. The maximum absolute atomic E-state index is 12.9. The van der Waals surface area contributed by atoms with Gasteiger partial charge < -0.3 is 134 Å². The van der Waals surface area contributed by atoms with E-state index in [9.17, 15) is 86.8 Å². The summed E-state index contributed by atoms with van der Waals surface area (Å²) in [5.41, 5.74) is -2.24. The van der Waals surface area contributed by atoms with Crippen molar-refractivity contribution in [2.75, 3.05) is 33.0 Å². The van der Waals surface area contributed by atoms with Crippen LogP contribution in [0.5, 0.6) is 0 Å². The first-order valence-electron chi connectivity index (χ1n) is 32.2. The largest absolute Gasteiger partial charge is 0.394 e. The van der Waals surface area contributed by atoms with Gasteiger partial charge in [0.15, 0.2) is 31.5 Å². The summed E-state index contributed by atoms with van der Waals surface area (Å²) in [5, 5.41) is 185. The zero-order chi connectivity index (χ0) is 65.5. The molecule has 0 aromatic carbocycles. The fourth-order valence-electron chi connectivity index (χ4n) is 17.5. The molecule has 5 heterocycles. The van der Waals surface area contributed by atoms with Crippen LogP contribution in [0.4, 0.5) is 0 Å². The molecule has 8 fully saturated rings. The molecular formula is C62H106O27. The van der Waals surface area contributed by atoms with Gasteiger partial charge in [-0.25, -0.2) is 0 Å². The fraction of sp³-hybridized carbons (Fsp3) is 0.968. The van der Waals surface area contributed by atoms with Gasteiger partial charge in [-0.1, -0.05) is 67.0 Å². The first-order chi connectivity index (χ1) is 41.7. The van der Waals surface area contributed by atoms with E-state index in [1.54, 1.807) is 27.7 Å². The van der Waals surface area contributed by atoms with Crippen molar-refractivity contribution in [2.24, 2.45) is 57.2 Å². The summed E-state index contributed by atoms with van der Waals surface area (Å²) in [6.07, 6.45) is -29.7. The van der Waals surface area contributed by atoms with E-state index in [0.717, 1.165) is 18.4 Å². The molecule has 0 bridgehead atoms. The summed E-state index contributed by atoms with van der Waals surface area (Å²) in [4.78, 5) is 0. The van der Waals surface area contributed by atoms with Gasteiger partial charge in [0.05, 0.1) is 75.3 Å². The summed E-state index contributed by atoms with van der Waals surface area (Å²) in [5.74, 6) is -1.41. The summed E-state index contributed by atoms with van der Waals surface area (Å²) in [7, 11) is 0. The third kappa shape index (κ3) is 13.0. The fourth-order valence-corrected chi connectivity index (χ4v) is 17.5. The van der Waals surface area contributed by atoms with Crippen molar-refractivity contribution >= 4 is 0 Å². The second-order valence-electron chi connectivity index (χ2n) is 29.4. The van der Waals surface area contributed by atoms with Crippen LogP contribution in [0.15, 0.2) is 11.6 Å². The summed E-state index contributed by atoms with van der Waals surface area (Å²) in [6, 6.07) is 0. The van der Waals surface area contributed by atoms with Crippen molar-refractivity contribution < 1.29 is 134 Å². The van der Waals surface area contributed by atoms with Crippen LogP contribution in [-0.4, -0.2) is 285 Å². The van der Waals surface area contributed by atoms with Crippen molar-refractivity contribution in [1.82, 2.24) is 0 Å². The lowest BCUT2D eigenvalue weighted by atomic mass is 9.38. The Kier molecular flexibility index (Phi) is 22.3. The number of rotatable bonds is 20. The van der Waals surface area contributed by atoms with Crippen LogP contribution >= 0.6 is 0 Å². The zero-order valence-electron chi connectivity index (χ0n) is 52.9. The molecule has 0 aromatic heterocycles. The second-order valence-corrected chi connectivity index (χ2v) is 29.4. The van der Waals surface area contributed by atoms with Crippen LogP contribution in [0, 0.1) is 57.2 Å². The van der Waals surface area contributed by atoms with Crippen molar-refractivity contribution in [3.05, 3.63) is 11.6 Å². The molecule has 4 aliphatic carbocycles. The summed E-state index contributed by atoms with van der Waals surface area (Å²) < 4.78 is 60.9. The Morgan fingerprint density at radius 3 is 1.63 bits per heavy atom. The number of fused-ring (bicyclic) bond motifs is 5. The van der Waals surface area contributed by atoms with Crippen LogP contribution in [0.25, 0.3) is 0 Å². The molecule has 5 saturated heterocycles. The van der Waals surface area contributed by atoms with Gasteiger partial charge in [-0.2, -0.15) is 0 Å². The molecule has 9 rings (SSSR count). The summed E-state index contributed by atoms with van der Waals surface area (Å²) >= 11 is 0. The number of aliphatic hydroxyl groups excluding tert-OH is 16. The Balaban J connectivity index is 0.884. The Morgan fingerprint density at radius 2 is 1.06 bits per heavy atom. The number of ether oxygens (including phenoxy) is 10. The molecule has 89 heavy (non-hydrogen) atoms. The quantitative estimate of drug-likeness (QED) is 0.0545. The molecule has 27 heteroatoms. The number of hydrogen-bond acceptors (Lipinski definition) is 27. The average Bonchev–Trinajstić information content (AvgIpc) is 1.66. The maximum atomic E-state index is 12.9. The van der Waals surface area contributed by atoms with Gasteiger partial charge in [0.25, 0.3) is 0 Å². The van der Waals surface area contributed by atoms with E-state index in [1.165, 1.54) is 0 Å². The van der Waals surface area contributed by atoms with Gasteiger partial charge in [-0.3, -0.25) is 0 Å². The molecule has 5 aliphatic heterocycles. The van der Waals surface area contributed by atoms with Gasteiger partial charge in [-0.15, -0.1) is 0 Å². The predicted molar refractivity (Wildman–Crippen MR) is 307 cm³/mol. The molecule has 9 aliphatic rings. The monoisotopic (exact) mass is 1280 g/mol. The number of aliphatic hydroxyl groups is 17. The Morgan fingerprint density at radius 1 is 0.539 bits per heavy atom. The van der Waals surface area contributed by atoms with Crippen LogP contribution in [0.1, 0.15) is 121 Å². The average molecular weight is 1280 g/mol. The smallest absolute Gasteiger partial charge is 0.187 e. The van der Waals surface area contributed by atoms with Gasteiger partial charge in [0, 0.05) is 22.7 Å². The van der Waals surface area contributed by atoms with E-state index in [-0.39, 0.29) is 47.5 Å². The van der Waals surface area contributed by atoms with E-state index in [1.807, 2.05) is 0 Å². The molecule has 35 atom stereocenters. The molecule has 17 N–H and O–H groups in total. The second kappa shape index (κ2) is 27.6. The molecule has 3 unspecified atom stereocenters. The topological polar surface area (TPSA) is 436 Å². The lowest BCUT2D eigenvalue weighted by Gasteiger charge is -2.67. The Hall–Kier alpha value is -1.34. The molecule has 516 valence electrons. The third-order valence-corrected chi connectivity index (χ3v) is 23.7. The van der Waals surface area contributed by atoms with Crippen LogP contribution in [0.3, 0.4) is 0 Å². The highest BCUT2D eigenvalue weighted by atomic mass is 16.8. The molecular weight excluding hydrogens is 1180 g/mol. The van der Waals surface area contributed by atoms with Gasteiger partial charge in [-0.05, 0) is 99.7 Å². The number of hydrogen-bond donors (Lipinski definition) is 17. The third-order valence-electron chi connectivity index (χ3n) is 23.7. The molecule has 0 aromatic rings. The van der Waals surface area contributed by atoms with Crippen LogP contribution in [0.2, 0.25) is 0 Å². The van der Waals surface area contributed by atoms with E-state index >= 15 is 0 Å².